The maximum Gasteiger partial charge on any atom is 0.293 e. The van der Waals surface area contributed by atoms with E-state index in [1.165, 1.54) is 48.4 Å². The van der Waals surface area contributed by atoms with Gasteiger partial charge in [0.2, 0.25) is 0 Å². The van der Waals surface area contributed by atoms with Gasteiger partial charge in [-0.1, -0.05) is 38.1 Å². The molecule has 4 heterocycles. The number of nitro groups is 1. The molecule has 2 saturated heterocycles. The summed E-state index contributed by atoms with van der Waals surface area (Å²) in [5.74, 6) is -1.05. The molecule has 2 aliphatic carbocycles. The fourth-order valence-corrected chi connectivity index (χ4v) is 11.7. The number of halogens is 1. The second kappa shape index (κ2) is 17.8. The highest BCUT2D eigenvalue weighted by atomic mass is 32.2. The normalized spacial score (nSPS) is 21.6. The highest BCUT2D eigenvalue weighted by molar-refractivity contribution is 7.90. The number of aromatic nitrogens is 2. The molecule has 3 aromatic carbocycles. The summed E-state index contributed by atoms with van der Waals surface area (Å²) in [5, 5.41) is 25.7. The SMILES string of the molecule is CC(C)c1ccccc1C1CCCN1C1CC2(CCN(c3cc(Oc4cnc5[nH]ccc5c4)c(C(=O)NS(=O)(=O)c4ccc(NCC5CCC(O)CC5)c([N+](=O)[O-])c4)cc3F)CC2)C1. The van der Waals surface area contributed by atoms with Crippen molar-refractivity contribution in [1.29, 1.82) is 0 Å². The van der Waals surface area contributed by atoms with Crippen LogP contribution in [0.1, 0.15) is 112 Å². The smallest absolute Gasteiger partial charge is 0.293 e. The summed E-state index contributed by atoms with van der Waals surface area (Å²) in [7, 11) is -4.69. The van der Waals surface area contributed by atoms with Gasteiger partial charge in [0.05, 0.1) is 33.4 Å². The van der Waals surface area contributed by atoms with Crippen molar-refractivity contribution in [3.63, 3.8) is 0 Å². The van der Waals surface area contributed by atoms with E-state index in [0.29, 0.717) is 56.1 Å². The second-order valence-electron chi connectivity index (χ2n) is 18.6. The largest absolute Gasteiger partial charge is 0.455 e. The number of pyridine rings is 1. The van der Waals surface area contributed by atoms with E-state index in [1.54, 1.807) is 18.3 Å². The van der Waals surface area contributed by atoms with Gasteiger partial charge in [0.15, 0.2) is 0 Å². The Labute approximate surface area is 372 Å². The number of rotatable bonds is 13. The molecule has 4 N–H and O–H groups in total. The molecule has 4 fully saturated rings. The molecule has 0 bridgehead atoms. The number of ether oxygens (including phenoxy) is 1. The maximum absolute atomic E-state index is 16.4. The minimum atomic E-state index is -4.69. The lowest BCUT2D eigenvalue weighted by atomic mass is 9.59. The number of nitrogens with zero attached hydrogens (tertiary/aromatic N) is 4. The first-order valence-electron chi connectivity index (χ1n) is 22.6. The van der Waals surface area contributed by atoms with Crippen LogP contribution < -0.4 is 19.7 Å². The van der Waals surface area contributed by atoms with Crippen LogP contribution in [-0.2, 0) is 10.0 Å². The average molecular weight is 894 g/mol. The number of anilines is 2. The van der Waals surface area contributed by atoms with Gasteiger partial charge in [0.25, 0.3) is 21.6 Å². The zero-order chi connectivity index (χ0) is 44.8. The van der Waals surface area contributed by atoms with Crippen molar-refractivity contribution in [1.82, 2.24) is 19.6 Å². The molecule has 1 unspecified atom stereocenters. The summed E-state index contributed by atoms with van der Waals surface area (Å²) in [4.78, 5) is 36.9. The average Bonchev–Trinajstić information content (AvgIpc) is 3.96. The number of amides is 1. The van der Waals surface area contributed by atoms with E-state index in [9.17, 15) is 28.4 Å². The van der Waals surface area contributed by atoms with Crippen LogP contribution in [0.5, 0.6) is 11.5 Å². The Hall–Kier alpha value is -5.58. The van der Waals surface area contributed by atoms with Crippen molar-refractivity contribution < 1.29 is 32.4 Å². The lowest BCUT2D eigenvalue weighted by Gasteiger charge is -2.56. The van der Waals surface area contributed by atoms with Crippen molar-refractivity contribution in [3.8, 4) is 11.5 Å². The third-order valence-electron chi connectivity index (χ3n) is 14.2. The molecular weight excluding hydrogens is 838 g/mol. The number of aliphatic hydroxyl groups is 1. The molecule has 5 aromatic rings. The Morgan fingerprint density at radius 1 is 1.03 bits per heavy atom. The number of aromatic amines is 1. The molecule has 9 rings (SSSR count). The minimum Gasteiger partial charge on any atom is -0.455 e. The van der Waals surface area contributed by atoms with Crippen LogP contribution in [0.15, 0.2) is 84.0 Å². The molecule has 64 heavy (non-hydrogen) atoms. The van der Waals surface area contributed by atoms with E-state index in [1.807, 2.05) is 9.62 Å². The monoisotopic (exact) mass is 893 g/mol. The highest BCUT2D eigenvalue weighted by Gasteiger charge is 2.50. The van der Waals surface area contributed by atoms with Crippen molar-refractivity contribution in [2.24, 2.45) is 11.3 Å². The minimum absolute atomic E-state index is 0.0766. The molecule has 2 aromatic heterocycles. The number of nitrogens with one attached hydrogen (secondary N) is 3. The van der Waals surface area contributed by atoms with Crippen LogP contribution in [0.2, 0.25) is 0 Å². The second-order valence-corrected chi connectivity index (χ2v) is 20.3. The number of hydrogen-bond acceptors (Lipinski definition) is 11. The number of carbonyl (C=O) groups excluding carboxylic acids is 1. The van der Waals surface area contributed by atoms with E-state index in [-0.39, 0.29) is 45.9 Å². The summed E-state index contributed by atoms with van der Waals surface area (Å²) in [6, 6.07) is 19.1. The number of sulfonamides is 1. The van der Waals surface area contributed by atoms with Crippen LogP contribution >= 0.6 is 0 Å². The predicted molar refractivity (Wildman–Crippen MR) is 243 cm³/mol. The third kappa shape index (κ3) is 8.91. The third-order valence-corrected chi connectivity index (χ3v) is 15.6. The summed E-state index contributed by atoms with van der Waals surface area (Å²) < 4.78 is 52.0. The van der Waals surface area contributed by atoms with Gasteiger partial charge >= 0.3 is 0 Å². The van der Waals surface area contributed by atoms with Gasteiger partial charge in [0.1, 0.15) is 28.7 Å². The van der Waals surface area contributed by atoms with Gasteiger partial charge in [-0.25, -0.2) is 22.5 Å². The summed E-state index contributed by atoms with van der Waals surface area (Å²) in [5.41, 5.74) is 3.19. The molecule has 1 spiro atoms. The lowest BCUT2D eigenvalue weighted by Crippen LogP contribution is -2.55. The van der Waals surface area contributed by atoms with Gasteiger partial charge in [-0.2, -0.15) is 0 Å². The van der Waals surface area contributed by atoms with Crippen LogP contribution in [0.25, 0.3) is 11.0 Å². The molecule has 0 radical (unpaired) electrons. The molecule has 2 saturated carbocycles. The first-order chi connectivity index (χ1) is 30.8. The number of likely N-dealkylation sites (tertiary alicyclic amines) is 1. The first kappa shape index (κ1) is 43.7. The number of carbonyl (C=O) groups is 1. The summed E-state index contributed by atoms with van der Waals surface area (Å²) >= 11 is 0. The summed E-state index contributed by atoms with van der Waals surface area (Å²) in [6.45, 7) is 7.25. The molecule has 338 valence electrons. The van der Waals surface area contributed by atoms with E-state index >= 15 is 4.39 Å². The Morgan fingerprint density at radius 3 is 2.55 bits per heavy atom. The quantitative estimate of drug-likeness (QED) is 0.0653. The predicted octanol–water partition coefficient (Wildman–Crippen LogP) is 9.19. The highest BCUT2D eigenvalue weighted by Crippen LogP contribution is 2.54. The van der Waals surface area contributed by atoms with Gasteiger partial charge in [-0.15, -0.1) is 0 Å². The van der Waals surface area contributed by atoms with Crippen LogP contribution in [0.3, 0.4) is 0 Å². The van der Waals surface area contributed by atoms with E-state index in [4.69, 9.17) is 4.74 Å². The topological polar surface area (TPSA) is 183 Å². The number of aliphatic hydroxyl groups excluding tert-OH is 1. The Morgan fingerprint density at radius 2 is 1.80 bits per heavy atom. The van der Waals surface area contributed by atoms with Gasteiger partial charge in [0, 0.05) is 55.4 Å². The Bertz CT molecular complexity index is 2650. The van der Waals surface area contributed by atoms with Gasteiger partial charge in [-0.3, -0.25) is 19.8 Å². The molecule has 14 nitrogen and oxygen atoms in total. The van der Waals surface area contributed by atoms with Crippen LogP contribution in [-0.4, -0.2) is 77.5 Å². The van der Waals surface area contributed by atoms with Crippen molar-refractivity contribution in [3.05, 3.63) is 112 Å². The number of fused-ring (bicyclic) bond motifs is 1. The maximum atomic E-state index is 16.4. The van der Waals surface area contributed by atoms with Crippen molar-refractivity contribution in [2.75, 3.05) is 36.4 Å². The summed E-state index contributed by atoms with van der Waals surface area (Å²) in [6.07, 6.45) is 12.0. The molecule has 4 aliphatic rings. The first-order valence-corrected chi connectivity index (χ1v) is 24.1. The van der Waals surface area contributed by atoms with Gasteiger partial charge in [-0.05, 0) is 129 Å². The zero-order valence-electron chi connectivity index (χ0n) is 36.3. The number of H-pyrrole nitrogens is 1. The number of nitro benzene ring substituents is 1. The molecule has 1 amide bonds. The van der Waals surface area contributed by atoms with Gasteiger partial charge < -0.3 is 25.0 Å². The molecule has 16 heteroatoms. The number of benzene rings is 3. The Balaban J connectivity index is 0.917. The standard InChI is InChI=1S/C48H56FN7O7S/c1-30(2)37-6-3-4-7-38(37)42-8-5-19-55(42)33-26-48(27-33)16-20-54(21-17-48)43-25-45(63-35-22-32-15-18-50-46(32)52-29-35)39(24-40(43)49)47(58)53-64(61,62)36-13-14-41(44(23-36)56(59)60)51-28-31-9-11-34(57)12-10-31/h3-4,6-7,13-15,18,22-25,29-31,33-34,42,51,57H,5,8-12,16-17,19-21,26-28H2,1-2H3,(H,50,52)(H,53,58). The fraction of sp³-hybridized carbons (Fsp3) is 0.458. The molecule has 2 aliphatic heterocycles. The Kier molecular flexibility index (Phi) is 12.1. The van der Waals surface area contributed by atoms with Crippen molar-refractivity contribution >= 4 is 44.0 Å². The van der Waals surface area contributed by atoms with Crippen LogP contribution in [0, 0.1) is 27.3 Å². The molecular formula is C48H56FN7O7S. The lowest BCUT2D eigenvalue weighted by molar-refractivity contribution is -0.384. The van der Waals surface area contributed by atoms with E-state index in [2.05, 4.69) is 58.3 Å². The number of piperidine rings is 1. The molecule has 1 atom stereocenters. The zero-order valence-corrected chi connectivity index (χ0v) is 37.1. The fourth-order valence-electron chi connectivity index (χ4n) is 10.7. The van der Waals surface area contributed by atoms with E-state index < -0.39 is 37.3 Å². The van der Waals surface area contributed by atoms with E-state index in [0.717, 1.165) is 62.6 Å². The van der Waals surface area contributed by atoms with Crippen molar-refractivity contribution in [2.45, 2.75) is 107 Å². The van der Waals surface area contributed by atoms with Crippen LogP contribution in [0.4, 0.5) is 21.5 Å². The number of hydrogen-bond donors (Lipinski definition) is 4.